The Morgan fingerprint density at radius 2 is 2.33 bits per heavy atom. The number of esters is 1. The smallest absolute Gasteiger partial charge is 0.305 e. The number of hydrogen-bond acceptors (Lipinski definition) is 5. The van der Waals surface area contributed by atoms with E-state index in [1.165, 1.54) is 7.11 Å². The monoisotopic (exact) mass is 265 g/mol. The van der Waals surface area contributed by atoms with Gasteiger partial charge in [0.1, 0.15) is 5.01 Å². The summed E-state index contributed by atoms with van der Waals surface area (Å²) < 4.78 is 6.39. The first-order valence-electron chi connectivity index (χ1n) is 5.62. The zero-order valence-corrected chi connectivity index (χ0v) is 11.5. The summed E-state index contributed by atoms with van der Waals surface area (Å²) in [6.07, 6.45) is 2.94. The second kappa shape index (κ2) is 5.30. The number of aromatic nitrogens is 3. The van der Waals surface area contributed by atoms with Crippen LogP contribution in [0.5, 0.6) is 0 Å². The van der Waals surface area contributed by atoms with Gasteiger partial charge in [-0.2, -0.15) is 5.10 Å². The SMILES string of the molecule is COC(=O)CCc1csc(-c2cn(C)nc2C)n1. The summed E-state index contributed by atoms with van der Waals surface area (Å²) in [6.45, 7) is 1.96. The molecule has 2 aromatic rings. The lowest BCUT2D eigenvalue weighted by Gasteiger charge is -1.96. The van der Waals surface area contributed by atoms with Crippen molar-refractivity contribution < 1.29 is 9.53 Å². The molecule has 0 saturated heterocycles. The van der Waals surface area contributed by atoms with E-state index in [0.717, 1.165) is 22.0 Å². The Balaban J connectivity index is 2.11. The van der Waals surface area contributed by atoms with Gasteiger partial charge in [-0.15, -0.1) is 11.3 Å². The van der Waals surface area contributed by atoms with Crippen LogP contribution in [0.1, 0.15) is 17.8 Å². The topological polar surface area (TPSA) is 57.0 Å². The largest absolute Gasteiger partial charge is 0.469 e. The van der Waals surface area contributed by atoms with Gasteiger partial charge in [-0.25, -0.2) is 4.98 Å². The molecule has 0 amide bonds. The highest BCUT2D eigenvalue weighted by molar-refractivity contribution is 7.13. The molecule has 6 heteroatoms. The first kappa shape index (κ1) is 12.8. The van der Waals surface area contributed by atoms with Crippen LogP contribution < -0.4 is 0 Å². The van der Waals surface area contributed by atoms with Crippen molar-refractivity contribution in [1.29, 1.82) is 0 Å². The molecule has 0 N–H and O–H groups in total. The molecule has 0 aliphatic rings. The number of carbonyl (C=O) groups excluding carboxylic acids is 1. The molecule has 2 heterocycles. The van der Waals surface area contributed by atoms with Crippen molar-refractivity contribution in [3.63, 3.8) is 0 Å². The molecule has 0 saturated carbocycles. The minimum Gasteiger partial charge on any atom is -0.469 e. The standard InChI is InChI=1S/C12H15N3O2S/c1-8-10(6-15(2)14-8)12-13-9(7-18-12)4-5-11(16)17-3/h6-7H,4-5H2,1-3H3. The van der Waals surface area contributed by atoms with Crippen LogP contribution in [0, 0.1) is 6.92 Å². The van der Waals surface area contributed by atoms with Crippen LogP contribution in [0.25, 0.3) is 10.6 Å². The van der Waals surface area contributed by atoms with Crippen LogP contribution in [0.2, 0.25) is 0 Å². The van der Waals surface area contributed by atoms with Crippen molar-refractivity contribution in [2.24, 2.45) is 7.05 Å². The van der Waals surface area contributed by atoms with E-state index in [1.54, 1.807) is 16.0 Å². The minimum atomic E-state index is -0.206. The molecular weight excluding hydrogens is 250 g/mol. The number of thiazole rings is 1. The van der Waals surface area contributed by atoms with Crippen molar-refractivity contribution >= 4 is 17.3 Å². The molecule has 0 unspecified atom stereocenters. The van der Waals surface area contributed by atoms with Gasteiger partial charge >= 0.3 is 5.97 Å². The van der Waals surface area contributed by atoms with Gasteiger partial charge in [0.25, 0.3) is 0 Å². The summed E-state index contributed by atoms with van der Waals surface area (Å²) in [7, 11) is 3.29. The quantitative estimate of drug-likeness (QED) is 0.793. The molecule has 18 heavy (non-hydrogen) atoms. The molecule has 0 aliphatic heterocycles. The maximum atomic E-state index is 11.1. The fraction of sp³-hybridized carbons (Fsp3) is 0.417. The lowest BCUT2D eigenvalue weighted by atomic mass is 10.2. The van der Waals surface area contributed by atoms with Crippen molar-refractivity contribution in [2.45, 2.75) is 19.8 Å². The number of carbonyl (C=O) groups is 1. The van der Waals surface area contributed by atoms with E-state index in [1.807, 2.05) is 25.5 Å². The molecule has 0 aliphatic carbocycles. The number of methoxy groups -OCH3 is 1. The fourth-order valence-electron chi connectivity index (χ4n) is 1.69. The van der Waals surface area contributed by atoms with Gasteiger partial charge in [0.15, 0.2) is 0 Å². The van der Waals surface area contributed by atoms with Gasteiger partial charge in [0.05, 0.1) is 30.5 Å². The average molecular weight is 265 g/mol. The molecule has 2 aromatic heterocycles. The highest BCUT2D eigenvalue weighted by Gasteiger charge is 2.11. The number of aryl methyl sites for hydroxylation is 3. The molecule has 5 nitrogen and oxygen atoms in total. The van der Waals surface area contributed by atoms with Crippen molar-refractivity contribution in [3.05, 3.63) is 23.0 Å². The Bertz CT molecular complexity index is 559. The fourth-order valence-corrected chi connectivity index (χ4v) is 2.60. The van der Waals surface area contributed by atoms with Crippen LogP contribution >= 0.6 is 11.3 Å². The summed E-state index contributed by atoms with van der Waals surface area (Å²) in [6, 6.07) is 0. The highest BCUT2D eigenvalue weighted by Crippen LogP contribution is 2.26. The van der Waals surface area contributed by atoms with E-state index < -0.39 is 0 Å². The van der Waals surface area contributed by atoms with E-state index in [-0.39, 0.29) is 5.97 Å². The maximum Gasteiger partial charge on any atom is 0.305 e. The molecule has 0 bridgehead atoms. The van der Waals surface area contributed by atoms with Crippen molar-refractivity contribution in [3.8, 4) is 10.6 Å². The molecule has 0 aromatic carbocycles. The van der Waals surface area contributed by atoms with Crippen LogP contribution in [0.3, 0.4) is 0 Å². The second-order valence-corrected chi connectivity index (χ2v) is 4.88. The van der Waals surface area contributed by atoms with Gasteiger partial charge in [0.2, 0.25) is 0 Å². The van der Waals surface area contributed by atoms with Gasteiger partial charge in [-0.3, -0.25) is 9.48 Å². The van der Waals surface area contributed by atoms with Gasteiger partial charge in [0, 0.05) is 25.0 Å². The maximum absolute atomic E-state index is 11.1. The Kier molecular flexibility index (Phi) is 3.76. The first-order chi connectivity index (χ1) is 8.60. The summed E-state index contributed by atoms with van der Waals surface area (Å²) >= 11 is 1.57. The summed E-state index contributed by atoms with van der Waals surface area (Å²) in [5, 5.41) is 7.22. The van der Waals surface area contributed by atoms with E-state index in [4.69, 9.17) is 0 Å². The molecule has 2 rings (SSSR count). The summed E-state index contributed by atoms with van der Waals surface area (Å²) in [5.41, 5.74) is 2.93. The zero-order chi connectivity index (χ0) is 13.1. The third kappa shape index (κ3) is 2.76. The predicted molar refractivity (Wildman–Crippen MR) is 69.4 cm³/mol. The summed E-state index contributed by atoms with van der Waals surface area (Å²) in [4.78, 5) is 15.6. The van der Waals surface area contributed by atoms with Crippen LogP contribution in [-0.4, -0.2) is 27.8 Å². The van der Waals surface area contributed by atoms with Crippen LogP contribution in [0.15, 0.2) is 11.6 Å². The van der Waals surface area contributed by atoms with E-state index in [9.17, 15) is 4.79 Å². The Morgan fingerprint density at radius 1 is 1.56 bits per heavy atom. The number of hydrogen-bond donors (Lipinski definition) is 0. The van der Waals surface area contributed by atoms with E-state index in [2.05, 4.69) is 14.8 Å². The Labute approximate surface area is 109 Å². The lowest BCUT2D eigenvalue weighted by Crippen LogP contribution is -2.01. The van der Waals surface area contributed by atoms with Crippen molar-refractivity contribution in [2.75, 3.05) is 7.11 Å². The minimum absolute atomic E-state index is 0.206. The van der Waals surface area contributed by atoms with Gasteiger partial charge in [-0.1, -0.05) is 0 Å². The molecule has 0 radical (unpaired) electrons. The number of ether oxygens (including phenoxy) is 1. The number of nitrogens with zero attached hydrogens (tertiary/aromatic N) is 3. The normalized spacial score (nSPS) is 10.6. The third-order valence-corrected chi connectivity index (χ3v) is 3.53. The molecule has 0 atom stereocenters. The van der Waals surface area contributed by atoms with Gasteiger partial charge < -0.3 is 4.74 Å². The van der Waals surface area contributed by atoms with E-state index >= 15 is 0 Å². The number of rotatable bonds is 4. The van der Waals surface area contributed by atoms with Gasteiger partial charge in [-0.05, 0) is 6.92 Å². The predicted octanol–water partition coefficient (Wildman–Crippen LogP) is 1.96. The first-order valence-corrected chi connectivity index (χ1v) is 6.50. The van der Waals surface area contributed by atoms with Crippen molar-refractivity contribution in [1.82, 2.24) is 14.8 Å². The molecule has 0 spiro atoms. The van der Waals surface area contributed by atoms with E-state index in [0.29, 0.717) is 12.8 Å². The molecule has 96 valence electrons. The third-order valence-electron chi connectivity index (χ3n) is 2.61. The highest BCUT2D eigenvalue weighted by atomic mass is 32.1. The average Bonchev–Trinajstić information content (AvgIpc) is 2.92. The lowest BCUT2D eigenvalue weighted by molar-refractivity contribution is -0.140. The molecular formula is C12H15N3O2S. The zero-order valence-electron chi connectivity index (χ0n) is 10.6. The Morgan fingerprint density at radius 3 is 2.94 bits per heavy atom. The Hall–Kier alpha value is -1.69. The summed E-state index contributed by atoms with van der Waals surface area (Å²) in [5.74, 6) is -0.206. The molecule has 0 fully saturated rings. The van der Waals surface area contributed by atoms with Crippen LogP contribution in [-0.2, 0) is 23.0 Å². The van der Waals surface area contributed by atoms with Crippen LogP contribution in [0.4, 0.5) is 0 Å². The second-order valence-electron chi connectivity index (χ2n) is 4.02.